The summed E-state index contributed by atoms with van der Waals surface area (Å²) in [6.07, 6.45) is 8.25. The highest BCUT2D eigenvalue weighted by molar-refractivity contribution is 4.88. The fraction of sp³-hybridized carbons (Fsp3) is 1.00. The van der Waals surface area contributed by atoms with Gasteiger partial charge in [-0.05, 0) is 63.5 Å². The third-order valence-corrected chi connectivity index (χ3v) is 4.85. The smallest absolute Gasteiger partial charge is 0.0469 e. The SMILES string of the molecule is C1CC(CN(CC2CCOCC2)C2CC2)CCN1. The van der Waals surface area contributed by atoms with Crippen LogP contribution in [0.5, 0.6) is 0 Å². The normalized spacial score (nSPS) is 27.8. The van der Waals surface area contributed by atoms with Crippen LogP contribution in [0.25, 0.3) is 0 Å². The minimum Gasteiger partial charge on any atom is -0.381 e. The Morgan fingerprint density at radius 2 is 1.44 bits per heavy atom. The molecule has 2 aliphatic heterocycles. The molecule has 0 radical (unpaired) electrons. The van der Waals surface area contributed by atoms with E-state index in [1.807, 2.05) is 0 Å². The van der Waals surface area contributed by atoms with Crippen LogP contribution in [-0.4, -0.2) is 50.3 Å². The molecule has 104 valence electrons. The Morgan fingerprint density at radius 3 is 2.06 bits per heavy atom. The molecule has 1 saturated carbocycles. The van der Waals surface area contributed by atoms with Crippen molar-refractivity contribution in [2.75, 3.05) is 39.4 Å². The highest BCUT2D eigenvalue weighted by atomic mass is 16.5. The van der Waals surface area contributed by atoms with E-state index in [-0.39, 0.29) is 0 Å². The summed E-state index contributed by atoms with van der Waals surface area (Å²) in [6, 6.07) is 0.933. The van der Waals surface area contributed by atoms with Crippen LogP contribution in [0.1, 0.15) is 38.5 Å². The van der Waals surface area contributed by atoms with Crippen LogP contribution >= 0.6 is 0 Å². The quantitative estimate of drug-likeness (QED) is 0.808. The monoisotopic (exact) mass is 252 g/mol. The molecule has 3 fully saturated rings. The second-order valence-electron chi connectivity index (χ2n) is 6.43. The van der Waals surface area contributed by atoms with Crippen LogP contribution in [0.15, 0.2) is 0 Å². The van der Waals surface area contributed by atoms with Gasteiger partial charge in [0.15, 0.2) is 0 Å². The fourth-order valence-corrected chi connectivity index (χ4v) is 3.47. The Kier molecular flexibility index (Phi) is 4.55. The molecule has 0 atom stereocenters. The van der Waals surface area contributed by atoms with Crippen LogP contribution in [0, 0.1) is 11.8 Å². The molecular formula is C15H28N2O. The molecule has 0 bridgehead atoms. The van der Waals surface area contributed by atoms with Gasteiger partial charge in [-0.25, -0.2) is 0 Å². The zero-order valence-corrected chi connectivity index (χ0v) is 11.6. The lowest BCUT2D eigenvalue weighted by atomic mass is 9.95. The van der Waals surface area contributed by atoms with Crippen LogP contribution in [0.4, 0.5) is 0 Å². The Hall–Kier alpha value is -0.120. The Bertz CT molecular complexity index is 223. The van der Waals surface area contributed by atoms with Gasteiger partial charge >= 0.3 is 0 Å². The molecule has 3 aliphatic rings. The molecule has 3 heteroatoms. The van der Waals surface area contributed by atoms with E-state index in [1.54, 1.807) is 0 Å². The minimum absolute atomic E-state index is 0.904. The largest absolute Gasteiger partial charge is 0.381 e. The van der Waals surface area contributed by atoms with Crippen molar-refractivity contribution in [3.05, 3.63) is 0 Å². The summed E-state index contributed by atoms with van der Waals surface area (Å²) >= 11 is 0. The van der Waals surface area contributed by atoms with Crippen molar-refractivity contribution in [2.45, 2.75) is 44.6 Å². The minimum atomic E-state index is 0.904. The van der Waals surface area contributed by atoms with E-state index >= 15 is 0 Å². The predicted octanol–water partition coefficient (Wildman–Crippen LogP) is 1.88. The molecule has 0 aromatic carbocycles. The number of rotatable bonds is 5. The first kappa shape index (κ1) is 12.9. The number of ether oxygens (including phenoxy) is 1. The van der Waals surface area contributed by atoms with Gasteiger partial charge in [0, 0.05) is 32.3 Å². The van der Waals surface area contributed by atoms with Crippen molar-refractivity contribution in [1.29, 1.82) is 0 Å². The Balaban J connectivity index is 1.47. The standard InChI is InChI=1S/C15H28N2O/c1-2-15(1)17(11-13-3-7-16-8-4-13)12-14-5-9-18-10-6-14/h13-16H,1-12H2. The van der Waals surface area contributed by atoms with Gasteiger partial charge in [0.25, 0.3) is 0 Å². The average Bonchev–Trinajstić information content (AvgIpc) is 3.25. The number of hydrogen-bond donors (Lipinski definition) is 1. The second-order valence-corrected chi connectivity index (χ2v) is 6.43. The van der Waals surface area contributed by atoms with Gasteiger partial charge in [-0.1, -0.05) is 0 Å². The third kappa shape index (κ3) is 3.69. The molecule has 1 N–H and O–H groups in total. The first-order valence-corrected chi connectivity index (χ1v) is 7.94. The summed E-state index contributed by atoms with van der Waals surface area (Å²) in [5.74, 6) is 1.85. The fourth-order valence-electron chi connectivity index (χ4n) is 3.47. The van der Waals surface area contributed by atoms with Crippen molar-refractivity contribution < 1.29 is 4.74 Å². The number of piperidine rings is 1. The van der Waals surface area contributed by atoms with Crippen molar-refractivity contribution in [3.63, 3.8) is 0 Å². The molecule has 18 heavy (non-hydrogen) atoms. The summed E-state index contributed by atoms with van der Waals surface area (Å²) in [7, 11) is 0. The summed E-state index contributed by atoms with van der Waals surface area (Å²) in [4.78, 5) is 2.83. The van der Waals surface area contributed by atoms with Crippen molar-refractivity contribution in [3.8, 4) is 0 Å². The van der Waals surface area contributed by atoms with E-state index in [1.165, 1.54) is 64.7 Å². The zero-order valence-electron chi connectivity index (χ0n) is 11.6. The molecule has 0 amide bonds. The topological polar surface area (TPSA) is 24.5 Å². The van der Waals surface area contributed by atoms with Gasteiger partial charge in [0.2, 0.25) is 0 Å². The van der Waals surface area contributed by atoms with Gasteiger partial charge in [0.05, 0.1) is 0 Å². The van der Waals surface area contributed by atoms with Crippen LogP contribution < -0.4 is 5.32 Å². The summed E-state index contributed by atoms with van der Waals surface area (Å²) in [5, 5.41) is 3.48. The molecule has 2 heterocycles. The van der Waals surface area contributed by atoms with Gasteiger partial charge in [-0.2, -0.15) is 0 Å². The number of hydrogen-bond acceptors (Lipinski definition) is 3. The molecular weight excluding hydrogens is 224 g/mol. The molecule has 3 nitrogen and oxygen atoms in total. The molecule has 3 rings (SSSR count). The first-order valence-electron chi connectivity index (χ1n) is 7.94. The number of nitrogens with zero attached hydrogens (tertiary/aromatic N) is 1. The lowest BCUT2D eigenvalue weighted by molar-refractivity contribution is 0.0477. The molecule has 0 aromatic rings. The van der Waals surface area contributed by atoms with E-state index in [4.69, 9.17) is 4.74 Å². The van der Waals surface area contributed by atoms with E-state index in [0.717, 1.165) is 31.1 Å². The van der Waals surface area contributed by atoms with Gasteiger partial charge < -0.3 is 10.1 Å². The highest BCUT2D eigenvalue weighted by Crippen LogP contribution is 2.31. The zero-order chi connectivity index (χ0) is 12.2. The maximum absolute atomic E-state index is 5.48. The van der Waals surface area contributed by atoms with Gasteiger partial charge in [-0.3, -0.25) is 4.90 Å². The molecule has 1 aliphatic carbocycles. The lowest BCUT2D eigenvalue weighted by Gasteiger charge is -2.33. The summed E-state index contributed by atoms with van der Waals surface area (Å²) in [5.41, 5.74) is 0. The molecule has 0 spiro atoms. The second kappa shape index (κ2) is 6.36. The summed E-state index contributed by atoms with van der Waals surface area (Å²) in [6.45, 7) is 7.18. The average molecular weight is 252 g/mol. The third-order valence-electron chi connectivity index (χ3n) is 4.85. The Morgan fingerprint density at radius 1 is 0.833 bits per heavy atom. The maximum Gasteiger partial charge on any atom is 0.0469 e. The van der Waals surface area contributed by atoms with Crippen molar-refractivity contribution >= 4 is 0 Å². The van der Waals surface area contributed by atoms with Gasteiger partial charge in [-0.15, -0.1) is 0 Å². The lowest BCUT2D eigenvalue weighted by Crippen LogP contribution is -2.40. The first-order chi connectivity index (χ1) is 8.92. The predicted molar refractivity (Wildman–Crippen MR) is 73.7 cm³/mol. The van der Waals surface area contributed by atoms with E-state index < -0.39 is 0 Å². The van der Waals surface area contributed by atoms with Crippen molar-refractivity contribution in [1.82, 2.24) is 10.2 Å². The molecule has 0 unspecified atom stereocenters. The number of nitrogens with one attached hydrogen (secondary N) is 1. The van der Waals surface area contributed by atoms with E-state index in [0.29, 0.717) is 0 Å². The maximum atomic E-state index is 5.48. The Labute approximate surface area is 111 Å². The van der Waals surface area contributed by atoms with Gasteiger partial charge in [0.1, 0.15) is 0 Å². The highest BCUT2D eigenvalue weighted by Gasteiger charge is 2.32. The van der Waals surface area contributed by atoms with Crippen LogP contribution in [0.2, 0.25) is 0 Å². The summed E-state index contributed by atoms with van der Waals surface area (Å²) < 4.78 is 5.48. The van der Waals surface area contributed by atoms with Crippen LogP contribution in [-0.2, 0) is 4.74 Å². The molecule has 0 aromatic heterocycles. The van der Waals surface area contributed by atoms with E-state index in [2.05, 4.69) is 10.2 Å². The molecule has 2 saturated heterocycles. The van der Waals surface area contributed by atoms with E-state index in [9.17, 15) is 0 Å². The van der Waals surface area contributed by atoms with Crippen molar-refractivity contribution in [2.24, 2.45) is 11.8 Å². The van der Waals surface area contributed by atoms with Crippen LogP contribution in [0.3, 0.4) is 0 Å².